The molecule has 1 fully saturated rings. The maximum atomic E-state index is 12.0. The molecule has 1 aliphatic carbocycles. The molecule has 1 heterocycles. The first-order valence-electron chi connectivity index (χ1n) is 5.92. The van der Waals surface area contributed by atoms with E-state index in [4.69, 9.17) is 9.56 Å². The van der Waals surface area contributed by atoms with Gasteiger partial charge in [0.05, 0.1) is 0 Å². The van der Waals surface area contributed by atoms with E-state index in [1.807, 2.05) is 6.92 Å². The number of rotatable bonds is 4. The molecule has 0 unspecified atom stereocenters. The highest BCUT2D eigenvalue weighted by Crippen LogP contribution is 2.35. The molecule has 0 aliphatic heterocycles. The number of hydrogen-bond acceptors (Lipinski definition) is 4. The molecule has 0 bridgehead atoms. The fourth-order valence-corrected chi connectivity index (χ4v) is 3.63. The molecule has 0 saturated heterocycles. The van der Waals surface area contributed by atoms with Crippen molar-refractivity contribution in [2.24, 2.45) is 5.14 Å². The van der Waals surface area contributed by atoms with E-state index >= 15 is 0 Å². The second-order valence-electron chi connectivity index (χ2n) is 4.74. The molecule has 0 radical (unpaired) electrons. The first-order valence-corrected chi connectivity index (χ1v) is 8.26. The van der Waals surface area contributed by atoms with Gasteiger partial charge in [-0.15, -0.1) is 0 Å². The summed E-state index contributed by atoms with van der Waals surface area (Å²) in [7, 11) is -3.91. The predicted octanol–water partition coefficient (Wildman–Crippen LogP) is 1.75. The summed E-state index contributed by atoms with van der Waals surface area (Å²) in [5.74, 6) is -0.479. The molecule has 8 heteroatoms. The summed E-state index contributed by atoms with van der Waals surface area (Å²) in [5, 5.41) is 7.91. The molecule has 106 valence electrons. The molecule has 1 aromatic rings. The van der Waals surface area contributed by atoms with Crippen molar-refractivity contribution in [3.8, 4) is 0 Å². The number of primary sulfonamides is 1. The van der Waals surface area contributed by atoms with E-state index in [1.165, 1.54) is 0 Å². The highest BCUT2D eigenvalue weighted by Gasteiger charge is 2.37. The third-order valence-corrected chi connectivity index (χ3v) is 5.32. The van der Waals surface area contributed by atoms with Crippen molar-refractivity contribution < 1.29 is 17.6 Å². The Balaban J connectivity index is 2.21. The number of amides is 1. The summed E-state index contributed by atoms with van der Waals surface area (Å²) in [6, 6.07) is 1.14. The van der Waals surface area contributed by atoms with Crippen LogP contribution in [0, 0.1) is 0 Å². The standard InChI is InChI=1S/C11H15BrN2O4S/c1-2-11(4-3-5-11)14-10(15)7-6-8(9(12)18-7)19(13,16)17/h6H,2-5H2,1H3,(H,14,15)(H2,13,16,17). The smallest absolute Gasteiger partial charge is 0.287 e. The monoisotopic (exact) mass is 350 g/mol. The number of nitrogens with two attached hydrogens (primary N) is 1. The molecule has 6 nitrogen and oxygen atoms in total. The Morgan fingerprint density at radius 1 is 1.58 bits per heavy atom. The Morgan fingerprint density at radius 2 is 2.21 bits per heavy atom. The first kappa shape index (κ1) is 14.5. The Morgan fingerprint density at radius 3 is 2.58 bits per heavy atom. The molecular formula is C11H15BrN2O4S. The lowest BCUT2D eigenvalue weighted by Gasteiger charge is -2.41. The Bertz CT molecular complexity index is 599. The van der Waals surface area contributed by atoms with E-state index in [9.17, 15) is 13.2 Å². The zero-order chi connectivity index (χ0) is 14.3. The number of carbonyl (C=O) groups is 1. The molecule has 3 N–H and O–H groups in total. The van der Waals surface area contributed by atoms with Crippen LogP contribution < -0.4 is 10.5 Å². The Labute approximate surface area is 119 Å². The molecule has 1 aliphatic rings. The van der Waals surface area contributed by atoms with Gasteiger partial charge in [-0.1, -0.05) is 6.92 Å². The van der Waals surface area contributed by atoms with Crippen molar-refractivity contribution in [2.75, 3.05) is 0 Å². The van der Waals surface area contributed by atoms with Crippen molar-refractivity contribution in [1.82, 2.24) is 5.32 Å². The number of carbonyl (C=O) groups excluding carboxylic acids is 1. The second kappa shape index (κ2) is 4.92. The fourth-order valence-electron chi connectivity index (χ4n) is 2.13. The average molecular weight is 351 g/mol. The molecule has 0 atom stereocenters. The van der Waals surface area contributed by atoms with Crippen molar-refractivity contribution >= 4 is 31.9 Å². The van der Waals surface area contributed by atoms with Crippen LogP contribution >= 0.6 is 15.9 Å². The van der Waals surface area contributed by atoms with Crippen LogP contribution in [0.2, 0.25) is 0 Å². The van der Waals surface area contributed by atoms with E-state index in [2.05, 4.69) is 21.2 Å². The molecule has 19 heavy (non-hydrogen) atoms. The van der Waals surface area contributed by atoms with Crippen LogP contribution in [0.4, 0.5) is 0 Å². The minimum absolute atomic E-state index is 0.0562. The third-order valence-electron chi connectivity index (χ3n) is 3.55. The van der Waals surface area contributed by atoms with Gasteiger partial charge >= 0.3 is 0 Å². The minimum Gasteiger partial charge on any atom is -0.443 e. The van der Waals surface area contributed by atoms with Crippen LogP contribution in [-0.2, 0) is 10.0 Å². The van der Waals surface area contributed by atoms with Gasteiger partial charge in [-0.05, 0) is 41.6 Å². The molecule has 1 saturated carbocycles. The van der Waals surface area contributed by atoms with Crippen LogP contribution in [0.25, 0.3) is 0 Å². The van der Waals surface area contributed by atoms with Gasteiger partial charge in [-0.2, -0.15) is 0 Å². The third kappa shape index (κ3) is 2.85. The van der Waals surface area contributed by atoms with Gasteiger partial charge in [0.25, 0.3) is 5.91 Å². The molecule has 1 amide bonds. The van der Waals surface area contributed by atoms with Crippen LogP contribution in [0.3, 0.4) is 0 Å². The second-order valence-corrected chi connectivity index (χ2v) is 6.99. The highest BCUT2D eigenvalue weighted by atomic mass is 79.9. The van der Waals surface area contributed by atoms with E-state index in [1.54, 1.807) is 0 Å². The number of nitrogens with one attached hydrogen (secondary N) is 1. The van der Waals surface area contributed by atoms with E-state index in [0.29, 0.717) is 0 Å². The van der Waals surface area contributed by atoms with Crippen molar-refractivity contribution in [2.45, 2.75) is 43.0 Å². The maximum absolute atomic E-state index is 12.0. The number of hydrogen-bond donors (Lipinski definition) is 2. The van der Waals surface area contributed by atoms with E-state index in [0.717, 1.165) is 31.7 Å². The van der Waals surface area contributed by atoms with Crippen LogP contribution in [-0.4, -0.2) is 19.9 Å². The summed E-state index contributed by atoms with van der Waals surface area (Å²) in [6.07, 6.45) is 3.78. The van der Waals surface area contributed by atoms with Gasteiger partial charge in [0.15, 0.2) is 10.4 Å². The van der Waals surface area contributed by atoms with Gasteiger partial charge in [0, 0.05) is 11.6 Å². The van der Waals surface area contributed by atoms with Crippen LogP contribution in [0.15, 0.2) is 20.0 Å². The van der Waals surface area contributed by atoms with Gasteiger partial charge in [0.1, 0.15) is 4.90 Å². The number of furan rings is 1. The van der Waals surface area contributed by atoms with E-state index in [-0.39, 0.29) is 20.9 Å². The van der Waals surface area contributed by atoms with Crippen molar-refractivity contribution in [3.63, 3.8) is 0 Å². The summed E-state index contributed by atoms with van der Waals surface area (Å²) < 4.78 is 27.6. The lowest BCUT2D eigenvalue weighted by Crippen LogP contribution is -2.52. The Hall–Kier alpha value is -0.860. The van der Waals surface area contributed by atoms with Crippen molar-refractivity contribution in [1.29, 1.82) is 0 Å². The zero-order valence-electron chi connectivity index (χ0n) is 10.4. The first-order chi connectivity index (χ1) is 8.77. The quantitative estimate of drug-likeness (QED) is 0.863. The summed E-state index contributed by atoms with van der Waals surface area (Å²) in [5.41, 5.74) is -0.182. The lowest BCUT2D eigenvalue weighted by atomic mass is 9.75. The van der Waals surface area contributed by atoms with E-state index < -0.39 is 15.9 Å². The maximum Gasteiger partial charge on any atom is 0.287 e. The predicted molar refractivity (Wildman–Crippen MR) is 72.1 cm³/mol. The molecule has 0 aromatic carbocycles. The fraction of sp³-hybridized carbons (Fsp3) is 0.545. The molecular weight excluding hydrogens is 336 g/mol. The SMILES string of the molecule is CCC1(NC(=O)c2cc(S(N)(=O)=O)c(Br)o2)CCC1. The van der Waals surface area contributed by atoms with Crippen LogP contribution in [0.5, 0.6) is 0 Å². The minimum atomic E-state index is -3.91. The van der Waals surface area contributed by atoms with Gasteiger partial charge in [-0.25, -0.2) is 13.6 Å². The molecule has 1 aromatic heterocycles. The molecule has 2 rings (SSSR count). The summed E-state index contributed by atoms with van der Waals surface area (Å²) in [4.78, 5) is 11.8. The summed E-state index contributed by atoms with van der Waals surface area (Å²) in [6.45, 7) is 2.01. The van der Waals surface area contributed by atoms with Crippen LogP contribution in [0.1, 0.15) is 43.2 Å². The number of halogens is 1. The van der Waals surface area contributed by atoms with Gasteiger partial charge < -0.3 is 9.73 Å². The highest BCUT2D eigenvalue weighted by molar-refractivity contribution is 9.10. The molecule has 0 spiro atoms. The average Bonchev–Trinajstić information content (AvgIpc) is 2.65. The zero-order valence-corrected chi connectivity index (χ0v) is 12.8. The normalized spacial score (nSPS) is 17.8. The topological polar surface area (TPSA) is 102 Å². The number of sulfonamides is 1. The van der Waals surface area contributed by atoms with Crippen molar-refractivity contribution in [3.05, 3.63) is 16.5 Å². The largest absolute Gasteiger partial charge is 0.443 e. The lowest BCUT2D eigenvalue weighted by molar-refractivity contribution is 0.0790. The Kier molecular flexibility index (Phi) is 3.76. The summed E-state index contributed by atoms with van der Waals surface area (Å²) >= 11 is 2.94. The van der Waals surface area contributed by atoms with Gasteiger partial charge in [0.2, 0.25) is 10.0 Å². The van der Waals surface area contributed by atoms with Gasteiger partial charge in [-0.3, -0.25) is 4.79 Å².